The number of rotatable bonds is 6. The second-order valence-electron chi connectivity index (χ2n) is 4.24. The van der Waals surface area contributed by atoms with Crippen molar-refractivity contribution < 1.29 is 9.47 Å². The minimum absolute atomic E-state index is 0.217. The fourth-order valence-electron chi connectivity index (χ4n) is 2.02. The predicted molar refractivity (Wildman–Crippen MR) is 66.1 cm³/mol. The van der Waals surface area contributed by atoms with Gasteiger partial charge in [0.25, 0.3) is 0 Å². The van der Waals surface area contributed by atoms with Crippen LogP contribution < -0.4 is 5.32 Å². The number of ether oxygens (including phenoxy) is 2. The molecule has 0 bridgehead atoms. The second kappa shape index (κ2) is 5.33. The Morgan fingerprint density at radius 3 is 3.29 bits per heavy atom. The van der Waals surface area contributed by atoms with E-state index in [2.05, 4.69) is 21.4 Å². The lowest BCUT2D eigenvalue weighted by molar-refractivity contribution is -0.0291. The first-order valence-corrected chi connectivity index (χ1v) is 5.78. The molecule has 1 saturated heterocycles. The summed E-state index contributed by atoms with van der Waals surface area (Å²) in [6.07, 6.45) is 6.46. The number of nitrogens with one attached hydrogen (secondary N) is 1. The van der Waals surface area contributed by atoms with Gasteiger partial charge in [0.1, 0.15) is 5.60 Å². The van der Waals surface area contributed by atoms with Gasteiger partial charge in [0, 0.05) is 39.1 Å². The molecule has 1 aromatic rings. The Hall–Kier alpha value is -1.33. The maximum absolute atomic E-state index is 5.61. The van der Waals surface area contributed by atoms with Gasteiger partial charge in [0.05, 0.1) is 13.2 Å². The first-order chi connectivity index (χ1) is 8.29. The zero-order chi connectivity index (χ0) is 12.1. The zero-order valence-electron chi connectivity index (χ0n) is 10.2. The number of aromatic nitrogens is 2. The van der Waals surface area contributed by atoms with E-state index in [1.807, 2.05) is 12.3 Å². The van der Waals surface area contributed by atoms with Gasteiger partial charge in [-0.25, -0.2) is 4.98 Å². The van der Waals surface area contributed by atoms with Crippen LogP contribution in [0.5, 0.6) is 0 Å². The molecule has 5 heteroatoms. The van der Waals surface area contributed by atoms with E-state index in [4.69, 9.17) is 9.47 Å². The van der Waals surface area contributed by atoms with Crippen molar-refractivity contribution in [2.45, 2.75) is 18.6 Å². The summed E-state index contributed by atoms with van der Waals surface area (Å²) in [7, 11) is 1.74. The van der Waals surface area contributed by atoms with E-state index in [1.54, 1.807) is 13.3 Å². The van der Waals surface area contributed by atoms with E-state index in [-0.39, 0.29) is 5.60 Å². The van der Waals surface area contributed by atoms with Gasteiger partial charge in [-0.15, -0.1) is 6.58 Å². The van der Waals surface area contributed by atoms with Gasteiger partial charge < -0.3 is 19.4 Å². The molecule has 1 atom stereocenters. The van der Waals surface area contributed by atoms with Crippen molar-refractivity contribution >= 4 is 5.95 Å². The van der Waals surface area contributed by atoms with Gasteiger partial charge in [-0.05, 0) is 0 Å². The van der Waals surface area contributed by atoms with Crippen LogP contribution in [0.2, 0.25) is 0 Å². The normalized spacial score (nSPS) is 23.8. The molecule has 17 heavy (non-hydrogen) atoms. The average molecular weight is 237 g/mol. The lowest BCUT2D eigenvalue weighted by Crippen LogP contribution is -2.37. The first-order valence-electron chi connectivity index (χ1n) is 5.78. The summed E-state index contributed by atoms with van der Waals surface area (Å²) in [5.74, 6) is 0.841. The van der Waals surface area contributed by atoms with Crippen molar-refractivity contribution in [3.8, 4) is 0 Å². The van der Waals surface area contributed by atoms with E-state index in [9.17, 15) is 0 Å². The third-order valence-corrected chi connectivity index (χ3v) is 3.08. The van der Waals surface area contributed by atoms with Gasteiger partial charge in [0.15, 0.2) is 0 Å². The lowest BCUT2D eigenvalue weighted by atomic mass is 10.0. The van der Waals surface area contributed by atoms with E-state index >= 15 is 0 Å². The molecule has 2 heterocycles. The van der Waals surface area contributed by atoms with Crippen LogP contribution in [-0.2, 0) is 16.0 Å². The summed E-state index contributed by atoms with van der Waals surface area (Å²) < 4.78 is 13.1. The summed E-state index contributed by atoms with van der Waals surface area (Å²) in [5.41, 5.74) is -0.217. The highest BCUT2D eigenvalue weighted by Gasteiger charge is 2.35. The lowest BCUT2D eigenvalue weighted by Gasteiger charge is -2.26. The third-order valence-electron chi connectivity index (χ3n) is 3.08. The Morgan fingerprint density at radius 1 is 1.76 bits per heavy atom. The van der Waals surface area contributed by atoms with Gasteiger partial charge in [-0.1, -0.05) is 6.08 Å². The van der Waals surface area contributed by atoms with E-state index in [0.717, 1.165) is 25.5 Å². The van der Waals surface area contributed by atoms with Crippen LogP contribution in [0.4, 0.5) is 5.95 Å². The predicted octanol–water partition coefficient (Wildman–Crippen LogP) is 1.29. The highest BCUT2D eigenvalue weighted by molar-refractivity contribution is 5.27. The first kappa shape index (κ1) is 12.1. The molecule has 0 saturated carbocycles. The smallest absolute Gasteiger partial charge is 0.203 e. The molecule has 94 valence electrons. The molecule has 0 amide bonds. The Morgan fingerprint density at radius 2 is 2.65 bits per heavy atom. The molecule has 0 spiro atoms. The summed E-state index contributed by atoms with van der Waals surface area (Å²) in [6, 6.07) is 0. The molecule has 0 radical (unpaired) electrons. The molecule has 1 fully saturated rings. The molecule has 5 nitrogen and oxygen atoms in total. The van der Waals surface area contributed by atoms with E-state index < -0.39 is 0 Å². The number of methoxy groups -OCH3 is 1. The Bertz CT molecular complexity index is 370. The molecule has 1 aliphatic heterocycles. The van der Waals surface area contributed by atoms with Gasteiger partial charge in [0.2, 0.25) is 5.95 Å². The molecule has 0 aromatic carbocycles. The van der Waals surface area contributed by atoms with Crippen LogP contribution in [-0.4, -0.2) is 42.0 Å². The molecule has 1 aliphatic rings. The Balaban J connectivity index is 2.06. The van der Waals surface area contributed by atoms with Crippen molar-refractivity contribution in [1.29, 1.82) is 0 Å². The Kier molecular flexibility index (Phi) is 3.81. The maximum atomic E-state index is 5.61. The van der Waals surface area contributed by atoms with Crippen LogP contribution in [0.1, 0.15) is 6.42 Å². The monoisotopic (exact) mass is 237 g/mol. The second-order valence-corrected chi connectivity index (χ2v) is 4.24. The highest BCUT2D eigenvalue weighted by atomic mass is 16.5. The molecular formula is C12H19N3O2. The van der Waals surface area contributed by atoms with Gasteiger partial charge in [-0.2, -0.15) is 0 Å². The van der Waals surface area contributed by atoms with Crippen LogP contribution >= 0.6 is 0 Å². The zero-order valence-corrected chi connectivity index (χ0v) is 10.2. The number of imidazole rings is 1. The molecule has 1 aromatic heterocycles. The summed E-state index contributed by atoms with van der Waals surface area (Å²) in [4.78, 5) is 4.27. The minimum atomic E-state index is -0.217. The van der Waals surface area contributed by atoms with Crippen molar-refractivity contribution in [2.24, 2.45) is 0 Å². The fraction of sp³-hybridized carbons (Fsp3) is 0.583. The van der Waals surface area contributed by atoms with Crippen molar-refractivity contribution in [1.82, 2.24) is 9.55 Å². The van der Waals surface area contributed by atoms with Crippen LogP contribution in [0, 0.1) is 0 Å². The van der Waals surface area contributed by atoms with Crippen molar-refractivity contribution in [2.75, 3.05) is 32.2 Å². The van der Waals surface area contributed by atoms with Crippen LogP contribution in [0.15, 0.2) is 25.0 Å². The van der Waals surface area contributed by atoms with Crippen molar-refractivity contribution in [3.05, 3.63) is 25.0 Å². The molecule has 0 aliphatic carbocycles. The number of hydrogen-bond acceptors (Lipinski definition) is 4. The van der Waals surface area contributed by atoms with Gasteiger partial charge in [-0.3, -0.25) is 0 Å². The summed E-state index contributed by atoms with van der Waals surface area (Å²) in [5, 5.41) is 3.20. The molecule has 1 unspecified atom stereocenters. The fourth-order valence-corrected chi connectivity index (χ4v) is 2.02. The standard InChI is InChI=1S/C12H19N3O2/c1-3-5-13-11-14-6-7-15(11)9-12(16-2)4-8-17-10-12/h3,6-7H,1,4-5,8-10H2,2H3,(H,13,14). The number of nitrogens with zero attached hydrogens (tertiary/aromatic N) is 2. The number of anilines is 1. The Labute approximate surface area is 101 Å². The van der Waals surface area contributed by atoms with E-state index in [0.29, 0.717) is 13.2 Å². The topological polar surface area (TPSA) is 48.3 Å². The molecule has 1 N–H and O–H groups in total. The quantitative estimate of drug-likeness (QED) is 0.757. The molecular weight excluding hydrogens is 218 g/mol. The average Bonchev–Trinajstić information content (AvgIpc) is 2.97. The van der Waals surface area contributed by atoms with Crippen LogP contribution in [0.3, 0.4) is 0 Å². The number of hydrogen-bond donors (Lipinski definition) is 1. The highest BCUT2D eigenvalue weighted by Crippen LogP contribution is 2.25. The van der Waals surface area contributed by atoms with Crippen molar-refractivity contribution in [3.63, 3.8) is 0 Å². The minimum Gasteiger partial charge on any atom is -0.378 e. The maximum Gasteiger partial charge on any atom is 0.203 e. The largest absolute Gasteiger partial charge is 0.378 e. The molecule has 2 rings (SSSR count). The van der Waals surface area contributed by atoms with Gasteiger partial charge >= 0.3 is 0 Å². The third kappa shape index (κ3) is 2.68. The summed E-state index contributed by atoms with van der Waals surface area (Å²) >= 11 is 0. The summed E-state index contributed by atoms with van der Waals surface area (Å²) in [6.45, 7) is 6.54. The SMILES string of the molecule is C=CCNc1nccn1CC1(OC)CCOC1. The van der Waals surface area contributed by atoms with Crippen LogP contribution in [0.25, 0.3) is 0 Å². The van der Waals surface area contributed by atoms with E-state index in [1.165, 1.54) is 0 Å².